The highest BCUT2D eigenvalue weighted by Crippen LogP contribution is 2.36. The van der Waals surface area contributed by atoms with Crippen LogP contribution in [0.1, 0.15) is 36.8 Å². The zero-order chi connectivity index (χ0) is 20.4. The fourth-order valence-corrected chi connectivity index (χ4v) is 3.59. The van der Waals surface area contributed by atoms with E-state index in [0.29, 0.717) is 17.5 Å². The predicted molar refractivity (Wildman–Crippen MR) is 97.3 cm³/mol. The minimum absolute atomic E-state index is 0.0779. The number of primary sulfonamides is 1. The Morgan fingerprint density at radius 2 is 1.89 bits per heavy atom. The summed E-state index contributed by atoms with van der Waals surface area (Å²) in [5.74, 6) is 0.490. The number of pyridine rings is 1. The van der Waals surface area contributed by atoms with Crippen molar-refractivity contribution in [2.45, 2.75) is 49.4 Å². The largest absolute Gasteiger partial charge is 0.474 e. The number of nitrogens with two attached hydrogens (primary N) is 1. The first kappa shape index (κ1) is 20.4. The highest BCUT2D eigenvalue weighted by Gasteiger charge is 2.34. The topological polar surface area (TPSA) is 94.3 Å². The van der Waals surface area contributed by atoms with Crippen molar-refractivity contribution in [1.29, 1.82) is 0 Å². The highest BCUT2D eigenvalue weighted by atomic mass is 32.2. The van der Waals surface area contributed by atoms with E-state index in [-0.39, 0.29) is 18.3 Å². The van der Waals surface area contributed by atoms with Gasteiger partial charge in [0.05, 0.1) is 10.5 Å². The summed E-state index contributed by atoms with van der Waals surface area (Å²) in [5, 5.41) is 7.59. The summed E-state index contributed by atoms with van der Waals surface area (Å²) in [7, 11) is -4.24. The molecule has 1 aliphatic rings. The molecule has 0 spiro atoms. The molecule has 1 aromatic carbocycles. The normalized spacial score (nSPS) is 15.6. The van der Waals surface area contributed by atoms with Crippen LogP contribution in [0.4, 0.5) is 18.9 Å². The fourth-order valence-electron chi connectivity index (χ4n) is 3.05. The fraction of sp³-hybridized carbons (Fsp3) is 0.389. The molecule has 0 atom stereocenters. The van der Waals surface area contributed by atoms with Crippen molar-refractivity contribution >= 4 is 15.7 Å². The summed E-state index contributed by atoms with van der Waals surface area (Å²) in [5.41, 5.74) is -0.693. The molecule has 0 aliphatic heterocycles. The number of nitrogens with one attached hydrogen (secondary N) is 1. The molecule has 2 aromatic rings. The lowest BCUT2D eigenvalue weighted by Gasteiger charge is -2.16. The molecule has 28 heavy (non-hydrogen) atoms. The van der Waals surface area contributed by atoms with Gasteiger partial charge in [0, 0.05) is 24.5 Å². The average Bonchev–Trinajstić information content (AvgIpc) is 3.12. The minimum Gasteiger partial charge on any atom is -0.474 e. The number of nitrogens with zero attached hydrogens (tertiary/aromatic N) is 1. The number of alkyl halides is 3. The Labute approximate surface area is 161 Å². The van der Waals surface area contributed by atoms with Crippen LogP contribution in [0.3, 0.4) is 0 Å². The van der Waals surface area contributed by atoms with Crippen LogP contribution in [-0.4, -0.2) is 19.5 Å². The molecule has 0 amide bonds. The van der Waals surface area contributed by atoms with Crippen molar-refractivity contribution < 1.29 is 26.3 Å². The number of halogens is 3. The molecule has 1 saturated carbocycles. The third-order valence-corrected chi connectivity index (χ3v) is 5.41. The summed E-state index contributed by atoms with van der Waals surface area (Å²) in [6, 6.07) is 6.01. The van der Waals surface area contributed by atoms with Crippen molar-refractivity contribution in [3.05, 3.63) is 47.7 Å². The van der Waals surface area contributed by atoms with Crippen molar-refractivity contribution in [1.82, 2.24) is 4.98 Å². The van der Waals surface area contributed by atoms with E-state index >= 15 is 0 Å². The smallest absolute Gasteiger partial charge is 0.418 e. The Hall–Kier alpha value is -2.33. The van der Waals surface area contributed by atoms with Crippen molar-refractivity contribution in [3.63, 3.8) is 0 Å². The van der Waals surface area contributed by atoms with Crippen LogP contribution in [0.15, 0.2) is 41.4 Å². The Morgan fingerprint density at radius 3 is 2.46 bits per heavy atom. The van der Waals surface area contributed by atoms with Crippen molar-refractivity contribution in [3.8, 4) is 5.88 Å². The van der Waals surface area contributed by atoms with Gasteiger partial charge in [-0.25, -0.2) is 18.5 Å². The molecule has 3 N–H and O–H groups in total. The Balaban J connectivity index is 1.71. The van der Waals surface area contributed by atoms with Crippen LogP contribution in [0.25, 0.3) is 0 Å². The van der Waals surface area contributed by atoms with Gasteiger partial charge in [0.15, 0.2) is 0 Å². The quantitative estimate of drug-likeness (QED) is 0.751. The summed E-state index contributed by atoms with van der Waals surface area (Å²) < 4.78 is 68.3. The molecule has 6 nitrogen and oxygen atoms in total. The van der Waals surface area contributed by atoms with Gasteiger partial charge in [-0.15, -0.1) is 0 Å². The predicted octanol–water partition coefficient (Wildman–Crippen LogP) is 3.68. The van der Waals surface area contributed by atoms with Gasteiger partial charge in [-0.05, 0) is 49.4 Å². The number of benzene rings is 1. The zero-order valence-corrected chi connectivity index (χ0v) is 15.7. The van der Waals surface area contributed by atoms with E-state index in [2.05, 4.69) is 10.3 Å². The van der Waals surface area contributed by atoms with E-state index in [1.807, 2.05) is 0 Å². The monoisotopic (exact) mass is 415 g/mol. The molecule has 0 unspecified atom stereocenters. The van der Waals surface area contributed by atoms with E-state index in [1.165, 1.54) is 6.20 Å². The second kappa shape index (κ2) is 7.96. The lowest BCUT2D eigenvalue weighted by molar-refractivity contribution is -0.137. The number of rotatable bonds is 6. The van der Waals surface area contributed by atoms with Gasteiger partial charge in [0.25, 0.3) is 0 Å². The third kappa shape index (κ3) is 5.14. The summed E-state index contributed by atoms with van der Waals surface area (Å²) in [6.45, 7) is 0.0779. The summed E-state index contributed by atoms with van der Waals surface area (Å²) >= 11 is 0. The first-order valence-electron chi connectivity index (χ1n) is 8.72. The van der Waals surface area contributed by atoms with Crippen molar-refractivity contribution in [2.75, 3.05) is 5.32 Å². The maximum atomic E-state index is 13.3. The van der Waals surface area contributed by atoms with E-state index in [1.54, 1.807) is 12.1 Å². The van der Waals surface area contributed by atoms with Gasteiger partial charge in [-0.3, -0.25) is 0 Å². The Bertz CT molecular complexity index is 925. The molecule has 0 radical (unpaired) electrons. The molecule has 0 saturated heterocycles. The number of hydrogen-bond donors (Lipinski definition) is 2. The average molecular weight is 415 g/mol. The van der Waals surface area contributed by atoms with E-state index in [9.17, 15) is 21.6 Å². The maximum absolute atomic E-state index is 13.3. The van der Waals surface area contributed by atoms with Crippen LogP contribution in [0.5, 0.6) is 5.88 Å². The van der Waals surface area contributed by atoms with Crippen LogP contribution in [0.2, 0.25) is 0 Å². The van der Waals surface area contributed by atoms with Gasteiger partial charge in [0.2, 0.25) is 15.9 Å². The molecular weight excluding hydrogens is 395 g/mol. The van der Waals surface area contributed by atoms with E-state index in [4.69, 9.17) is 9.88 Å². The Morgan fingerprint density at radius 1 is 1.18 bits per heavy atom. The van der Waals surface area contributed by atoms with Gasteiger partial charge >= 0.3 is 6.18 Å². The van der Waals surface area contributed by atoms with Gasteiger partial charge in [-0.2, -0.15) is 13.2 Å². The standard InChI is InChI=1S/C18H20F3N3O3S/c19-18(20,21)15-9-14(28(22,25)26)6-7-16(15)23-10-12-5-8-17(24-11-12)27-13-3-1-2-4-13/h5-9,11,13,23H,1-4,10H2,(H2,22,25,26). The van der Waals surface area contributed by atoms with Crippen molar-refractivity contribution in [2.24, 2.45) is 5.14 Å². The first-order valence-corrected chi connectivity index (χ1v) is 10.3. The molecule has 0 bridgehead atoms. The second-order valence-corrected chi connectivity index (χ2v) is 8.19. The van der Waals surface area contributed by atoms with Crippen LogP contribution < -0.4 is 15.2 Å². The third-order valence-electron chi connectivity index (χ3n) is 4.50. The molecule has 152 valence electrons. The van der Waals surface area contributed by atoms with Gasteiger partial charge < -0.3 is 10.1 Å². The SMILES string of the molecule is NS(=O)(=O)c1ccc(NCc2ccc(OC3CCCC3)nc2)c(C(F)(F)F)c1. The number of sulfonamides is 1. The van der Waals surface area contributed by atoms with E-state index < -0.39 is 26.7 Å². The minimum atomic E-state index is -4.74. The molecule has 1 aromatic heterocycles. The number of ether oxygens (including phenoxy) is 1. The van der Waals surface area contributed by atoms with Crippen LogP contribution >= 0.6 is 0 Å². The lowest BCUT2D eigenvalue weighted by Crippen LogP contribution is -2.16. The Kier molecular flexibility index (Phi) is 5.80. The zero-order valence-electron chi connectivity index (χ0n) is 14.9. The maximum Gasteiger partial charge on any atom is 0.418 e. The molecule has 1 fully saturated rings. The summed E-state index contributed by atoms with van der Waals surface area (Å²) in [6.07, 6.45) is 1.24. The molecule has 3 rings (SSSR count). The lowest BCUT2D eigenvalue weighted by atomic mass is 10.1. The van der Waals surface area contributed by atoms with E-state index in [0.717, 1.165) is 37.8 Å². The number of anilines is 1. The molecule has 1 aliphatic carbocycles. The highest BCUT2D eigenvalue weighted by molar-refractivity contribution is 7.89. The van der Waals surface area contributed by atoms with Gasteiger partial charge in [0.1, 0.15) is 6.10 Å². The molecule has 10 heteroatoms. The second-order valence-electron chi connectivity index (χ2n) is 6.63. The first-order chi connectivity index (χ1) is 13.1. The summed E-state index contributed by atoms with van der Waals surface area (Å²) in [4.78, 5) is 3.59. The molecule has 1 heterocycles. The number of hydrogen-bond acceptors (Lipinski definition) is 5. The number of aromatic nitrogens is 1. The van der Waals surface area contributed by atoms with Gasteiger partial charge in [-0.1, -0.05) is 6.07 Å². The molecular formula is C18H20F3N3O3S. The van der Waals surface area contributed by atoms with Crippen LogP contribution in [-0.2, 0) is 22.7 Å². The van der Waals surface area contributed by atoms with Crippen LogP contribution in [0, 0.1) is 0 Å².